The molecule has 2 rings (SSSR count). The first-order valence-corrected chi connectivity index (χ1v) is 6.73. The van der Waals surface area contributed by atoms with Crippen molar-refractivity contribution in [2.24, 2.45) is 5.73 Å². The zero-order chi connectivity index (χ0) is 14.0. The average molecular weight is 304 g/mol. The van der Waals surface area contributed by atoms with Crippen molar-refractivity contribution < 1.29 is 13.5 Å². The zero-order valence-corrected chi connectivity index (χ0v) is 11.6. The van der Waals surface area contributed by atoms with Crippen LogP contribution in [0.1, 0.15) is 22.0 Å². The second kappa shape index (κ2) is 5.86. The summed E-state index contributed by atoms with van der Waals surface area (Å²) in [4.78, 5) is 0.935. The predicted octanol–water partition coefficient (Wildman–Crippen LogP) is 4.36. The molecule has 0 aliphatic carbocycles. The maximum atomic E-state index is 12.0. The molecule has 0 aliphatic heterocycles. The Morgan fingerprint density at radius 2 is 1.89 bits per heavy atom. The molecular formula is C13H12ClF2NOS. The van der Waals surface area contributed by atoms with Gasteiger partial charge in [0.2, 0.25) is 0 Å². The molecule has 2 aromatic rings. The van der Waals surface area contributed by atoms with Gasteiger partial charge in [0.1, 0.15) is 5.75 Å². The van der Waals surface area contributed by atoms with Crippen molar-refractivity contribution in [3.63, 3.8) is 0 Å². The van der Waals surface area contributed by atoms with Crippen LogP contribution in [0.2, 0.25) is 4.34 Å². The van der Waals surface area contributed by atoms with Crippen molar-refractivity contribution in [3.8, 4) is 5.75 Å². The minimum atomic E-state index is -2.82. The average Bonchev–Trinajstić information content (AvgIpc) is 2.69. The fraction of sp³-hybridized carbons (Fsp3) is 0.231. The molecule has 1 heterocycles. The maximum absolute atomic E-state index is 12.0. The fourth-order valence-electron chi connectivity index (χ4n) is 1.66. The van der Waals surface area contributed by atoms with E-state index in [-0.39, 0.29) is 11.8 Å². The normalized spacial score (nSPS) is 12.7. The number of nitrogens with two attached hydrogens (primary N) is 1. The SMILES string of the molecule is Cc1cc(C(N)c2ccc(OC(F)F)cc2)sc1Cl. The fourth-order valence-corrected chi connectivity index (χ4v) is 2.91. The van der Waals surface area contributed by atoms with E-state index in [4.69, 9.17) is 17.3 Å². The van der Waals surface area contributed by atoms with E-state index >= 15 is 0 Å². The van der Waals surface area contributed by atoms with Crippen molar-refractivity contribution in [1.29, 1.82) is 0 Å². The third-order valence-corrected chi connectivity index (χ3v) is 4.29. The number of rotatable bonds is 4. The van der Waals surface area contributed by atoms with Gasteiger partial charge in [-0.1, -0.05) is 23.7 Å². The van der Waals surface area contributed by atoms with Gasteiger partial charge in [-0.3, -0.25) is 0 Å². The van der Waals surface area contributed by atoms with Crippen LogP contribution in [0.15, 0.2) is 30.3 Å². The van der Waals surface area contributed by atoms with E-state index < -0.39 is 6.61 Å². The van der Waals surface area contributed by atoms with Gasteiger partial charge < -0.3 is 10.5 Å². The van der Waals surface area contributed by atoms with E-state index in [0.29, 0.717) is 4.34 Å². The number of halogens is 3. The lowest BCUT2D eigenvalue weighted by Gasteiger charge is -2.11. The Labute approximate surface area is 118 Å². The summed E-state index contributed by atoms with van der Waals surface area (Å²) < 4.78 is 29.1. The van der Waals surface area contributed by atoms with Crippen LogP contribution in [0.4, 0.5) is 8.78 Å². The molecule has 0 radical (unpaired) electrons. The summed E-state index contributed by atoms with van der Waals surface area (Å²) in [6.07, 6.45) is 0. The van der Waals surface area contributed by atoms with E-state index in [2.05, 4.69) is 4.74 Å². The monoisotopic (exact) mass is 303 g/mol. The van der Waals surface area contributed by atoms with Gasteiger partial charge in [0, 0.05) is 4.88 Å². The Morgan fingerprint density at radius 3 is 2.37 bits per heavy atom. The lowest BCUT2D eigenvalue weighted by Crippen LogP contribution is -2.10. The molecule has 1 aromatic carbocycles. The largest absolute Gasteiger partial charge is 0.435 e. The first kappa shape index (κ1) is 14.2. The maximum Gasteiger partial charge on any atom is 0.387 e. The summed E-state index contributed by atoms with van der Waals surface area (Å²) in [5, 5.41) is 0. The van der Waals surface area contributed by atoms with Gasteiger partial charge in [0.25, 0.3) is 0 Å². The van der Waals surface area contributed by atoms with Crippen molar-refractivity contribution in [2.45, 2.75) is 19.6 Å². The van der Waals surface area contributed by atoms with Gasteiger partial charge in [-0.25, -0.2) is 0 Å². The third-order valence-electron chi connectivity index (χ3n) is 2.65. The molecule has 1 atom stereocenters. The van der Waals surface area contributed by atoms with Crippen molar-refractivity contribution in [2.75, 3.05) is 0 Å². The second-order valence-corrected chi connectivity index (χ2v) is 5.72. The van der Waals surface area contributed by atoms with Crippen molar-refractivity contribution in [1.82, 2.24) is 0 Å². The summed E-state index contributed by atoms with van der Waals surface area (Å²) >= 11 is 7.42. The highest BCUT2D eigenvalue weighted by atomic mass is 35.5. The Morgan fingerprint density at radius 1 is 1.26 bits per heavy atom. The van der Waals surface area contributed by atoms with E-state index in [1.165, 1.54) is 23.5 Å². The van der Waals surface area contributed by atoms with E-state index in [9.17, 15) is 8.78 Å². The second-order valence-electron chi connectivity index (χ2n) is 4.03. The Kier molecular flexibility index (Phi) is 4.39. The van der Waals surface area contributed by atoms with Gasteiger partial charge in [-0.05, 0) is 36.2 Å². The van der Waals surface area contributed by atoms with E-state index in [1.807, 2.05) is 13.0 Å². The van der Waals surface area contributed by atoms with Crippen molar-refractivity contribution >= 4 is 22.9 Å². The highest BCUT2D eigenvalue weighted by Crippen LogP contribution is 2.33. The molecule has 0 spiro atoms. The minimum Gasteiger partial charge on any atom is -0.435 e. The third kappa shape index (κ3) is 3.43. The van der Waals surface area contributed by atoms with Gasteiger partial charge in [-0.15, -0.1) is 11.3 Å². The van der Waals surface area contributed by atoms with Gasteiger partial charge in [0.05, 0.1) is 10.4 Å². The number of alkyl halides is 2. The molecule has 2 nitrogen and oxygen atoms in total. The van der Waals surface area contributed by atoms with Crippen LogP contribution in [0.25, 0.3) is 0 Å². The van der Waals surface area contributed by atoms with Crippen LogP contribution in [0.3, 0.4) is 0 Å². The molecule has 19 heavy (non-hydrogen) atoms. The molecule has 2 N–H and O–H groups in total. The van der Waals surface area contributed by atoms with Gasteiger partial charge in [-0.2, -0.15) is 8.78 Å². The van der Waals surface area contributed by atoms with Crippen LogP contribution in [-0.4, -0.2) is 6.61 Å². The Bertz CT molecular complexity index is 537. The molecule has 6 heteroatoms. The number of ether oxygens (including phenoxy) is 1. The lowest BCUT2D eigenvalue weighted by atomic mass is 10.1. The van der Waals surface area contributed by atoms with Gasteiger partial charge >= 0.3 is 6.61 Å². The topological polar surface area (TPSA) is 35.2 Å². The van der Waals surface area contributed by atoms with Crippen LogP contribution in [-0.2, 0) is 0 Å². The number of hydrogen-bond donors (Lipinski definition) is 1. The first-order valence-electron chi connectivity index (χ1n) is 5.53. The highest BCUT2D eigenvalue weighted by Gasteiger charge is 2.14. The predicted molar refractivity (Wildman–Crippen MR) is 73.2 cm³/mol. The summed E-state index contributed by atoms with van der Waals surface area (Å²) in [5.74, 6) is 0.117. The molecular weight excluding hydrogens is 292 g/mol. The molecule has 0 fully saturated rings. The molecule has 1 unspecified atom stereocenters. The summed E-state index contributed by atoms with van der Waals surface area (Å²) in [5.41, 5.74) is 7.91. The summed E-state index contributed by atoms with van der Waals surface area (Å²) in [7, 11) is 0. The molecule has 0 saturated carbocycles. The van der Waals surface area contributed by atoms with E-state index in [0.717, 1.165) is 16.0 Å². The molecule has 0 saturated heterocycles. The molecule has 102 valence electrons. The standard InChI is InChI=1S/C13H12ClF2NOS/c1-7-6-10(19-12(7)14)11(17)8-2-4-9(5-3-8)18-13(15)16/h2-6,11,13H,17H2,1H3. The number of thiophene rings is 1. The van der Waals surface area contributed by atoms with Crippen LogP contribution >= 0.6 is 22.9 Å². The summed E-state index contributed by atoms with van der Waals surface area (Å²) in [6, 6.07) is 7.90. The smallest absolute Gasteiger partial charge is 0.387 e. The van der Waals surface area contributed by atoms with Crippen LogP contribution < -0.4 is 10.5 Å². The lowest BCUT2D eigenvalue weighted by molar-refractivity contribution is -0.0498. The minimum absolute atomic E-state index is 0.117. The summed E-state index contributed by atoms with van der Waals surface area (Å²) in [6.45, 7) is -0.910. The Hall–Kier alpha value is -1.17. The number of benzene rings is 1. The van der Waals surface area contributed by atoms with Crippen LogP contribution in [0.5, 0.6) is 5.75 Å². The van der Waals surface area contributed by atoms with Crippen molar-refractivity contribution in [3.05, 3.63) is 50.7 Å². The molecule has 1 aromatic heterocycles. The van der Waals surface area contributed by atoms with Gasteiger partial charge in [0.15, 0.2) is 0 Å². The molecule has 0 aliphatic rings. The highest BCUT2D eigenvalue weighted by molar-refractivity contribution is 7.16. The number of aryl methyl sites for hydroxylation is 1. The molecule has 0 amide bonds. The molecule has 0 bridgehead atoms. The number of hydrogen-bond acceptors (Lipinski definition) is 3. The zero-order valence-electron chi connectivity index (χ0n) is 10.1. The Balaban J connectivity index is 2.17. The quantitative estimate of drug-likeness (QED) is 0.911. The van der Waals surface area contributed by atoms with Crippen LogP contribution in [0, 0.1) is 6.92 Å². The van der Waals surface area contributed by atoms with E-state index in [1.54, 1.807) is 12.1 Å². The first-order chi connectivity index (χ1) is 8.97.